The first-order valence-corrected chi connectivity index (χ1v) is 12.1. The van der Waals surface area contributed by atoms with E-state index in [1.54, 1.807) is 37.3 Å². The Bertz CT molecular complexity index is 1100. The van der Waals surface area contributed by atoms with Crippen molar-refractivity contribution in [3.05, 3.63) is 51.3 Å². The molecule has 2 amide bonds. The van der Waals surface area contributed by atoms with Crippen LogP contribution in [0.15, 0.2) is 35.8 Å². The van der Waals surface area contributed by atoms with Crippen molar-refractivity contribution in [3.8, 4) is 0 Å². The van der Waals surface area contributed by atoms with Crippen molar-refractivity contribution in [2.45, 2.75) is 24.4 Å². The number of aromatic nitrogens is 2. The quantitative estimate of drug-likeness (QED) is 0.226. The van der Waals surface area contributed by atoms with Gasteiger partial charge in [-0.3, -0.25) is 14.5 Å². The van der Waals surface area contributed by atoms with Crippen LogP contribution in [0.5, 0.6) is 0 Å². The van der Waals surface area contributed by atoms with E-state index in [9.17, 15) is 29.0 Å². The molecule has 0 aliphatic carbocycles. The van der Waals surface area contributed by atoms with Gasteiger partial charge in [0.1, 0.15) is 21.4 Å². The summed E-state index contributed by atoms with van der Waals surface area (Å²) >= 11 is 2.32. The van der Waals surface area contributed by atoms with E-state index in [4.69, 9.17) is 0 Å². The van der Waals surface area contributed by atoms with E-state index in [2.05, 4.69) is 15.5 Å². The number of benzene rings is 1. The average Bonchev–Trinajstić information content (AvgIpc) is 3.16. The molecule has 3 atom stereocenters. The van der Waals surface area contributed by atoms with Crippen molar-refractivity contribution >= 4 is 48.1 Å². The molecule has 10 nitrogen and oxygen atoms in total. The van der Waals surface area contributed by atoms with Crippen LogP contribution in [0.1, 0.15) is 21.7 Å². The van der Waals surface area contributed by atoms with Gasteiger partial charge in [-0.25, -0.2) is 0 Å². The Morgan fingerprint density at radius 3 is 2.50 bits per heavy atom. The van der Waals surface area contributed by atoms with Crippen LogP contribution in [0.25, 0.3) is 5.57 Å². The molecule has 2 aliphatic heterocycles. The molecule has 1 unspecified atom stereocenters. The third-order valence-corrected chi connectivity index (χ3v) is 7.83. The zero-order chi connectivity index (χ0) is 21.6. The summed E-state index contributed by atoms with van der Waals surface area (Å²) in [6.07, 6.45) is -1.48. The fourth-order valence-corrected chi connectivity index (χ4v) is 6.70. The van der Waals surface area contributed by atoms with E-state index in [0.29, 0.717) is 10.6 Å². The molecule has 4 rings (SSSR count). The Hall–Kier alpha value is -0.0800. The summed E-state index contributed by atoms with van der Waals surface area (Å²) in [7, 11) is -5.31. The van der Waals surface area contributed by atoms with Crippen LogP contribution in [0.3, 0.4) is 0 Å². The third kappa shape index (κ3) is 5.42. The zero-order valence-corrected chi connectivity index (χ0v) is 23.9. The van der Waals surface area contributed by atoms with Gasteiger partial charge in [-0.2, -0.15) is 0 Å². The van der Waals surface area contributed by atoms with Gasteiger partial charge in [0.25, 0.3) is 11.8 Å². The average molecular weight is 512 g/mol. The first kappa shape index (κ1) is 28.2. The number of aliphatic hydroxyl groups is 1. The molecule has 1 saturated heterocycles. The van der Waals surface area contributed by atoms with Crippen molar-refractivity contribution in [2.24, 2.45) is 0 Å². The van der Waals surface area contributed by atoms with Crippen molar-refractivity contribution in [3.63, 3.8) is 0 Å². The number of carbonyl (C=O) groups excluding carboxylic acids is 2. The second-order valence-electron chi connectivity index (χ2n) is 6.64. The monoisotopic (exact) mass is 512 g/mol. The van der Waals surface area contributed by atoms with Gasteiger partial charge in [0.2, 0.25) is 0 Å². The third-order valence-electron chi connectivity index (χ3n) is 4.64. The number of β-lactam (4-membered cyclic amide) rings is 1. The minimum absolute atomic E-state index is 0. The van der Waals surface area contributed by atoms with Gasteiger partial charge >= 0.3 is 59.1 Å². The zero-order valence-electron chi connectivity index (χ0n) is 17.4. The summed E-state index contributed by atoms with van der Waals surface area (Å²) in [5.74, 6) is -1.41. The fourth-order valence-electron chi connectivity index (χ4n) is 3.26. The molecule has 1 aromatic heterocycles. The number of carbonyl (C=O) groups is 2. The molecule has 1 fully saturated rings. The Kier molecular flexibility index (Phi) is 9.77. The number of aliphatic hydroxyl groups excluding tert-OH is 1. The molecule has 2 aliphatic rings. The van der Waals surface area contributed by atoms with Gasteiger partial charge in [-0.15, -0.1) is 22.0 Å². The Morgan fingerprint density at radius 2 is 1.94 bits per heavy atom. The van der Waals surface area contributed by atoms with E-state index >= 15 is 0 Å². The van der Waals surface area contributed by atoms with Crippen LogP contribution >= 0.6 is 30.7 Å². The molecule has 0 saturated carbocycles. The standard InChI is InChI=1S/C17H17N4O6PS2.2Na/c1-8-19-20-14(30-8)10-7-29-17-11(15(24)21(17)16(10)28(25,26)27)18-13(23)12(22)9-5-3-2-4-6-9;;/h2-6,11-12,17,22H,7H2,1H3,(H,18,23)(H2,25,26,27);;/q;2*+1/p-2/t11-,12?,17+;;/m1../s1. The molecule has 2 N–H and O–H groups in total. The number of nitrogens with one attached hydrogen (secondary N) is 1. The second-order valence-corrected chi connectivity index (χ2v) is 10.3. The maximum Gasteiger partial charge on any atom is 1.00 e. The molecule has 1 aromatic carbocycles. The number of aryl methyl sites for hydroxylation is 1. The number of thioether (sulfide) groups is 1. The number of fused-ring (bicyclic) bond motifs is 1. The number of amides is 2. The van der Waals surface area contributed by atoms with Crippen molar-refractivity contribution in [1.82, 2.24) is 20.4 Å². The van der Waals surface area contributed by atoms with Crippen LogP contribution in [0.2, 0.25) is 0 Å². The van der Waals surface area contributed by atoms with Crippen molar-refractivity contribution in [1.29, 1.82) is 0 Å². The molecule has 15 heteroatoms. The minimum atomic E-state index is -5.31. The van der Waals surface area contributed by atoms with Crippen LogP contribution in [0, 0.1) is 6.92 Å². The first-order valence-electron chi connectivity index (χ1n) is 8.73. The van der Waals surface area contributed by atoms with E-state index in [0.717, 1.165) is 16.2 Å². The SMILES string of the molecule is Cc1nnc(C2=C(P(=O)([O-])[O-])N3C(=O)[C@@H](NC(=O)C(O)c4ccccc4)[C@@H]3SC2)s1.[Na+].[Na+]. The van der Waals surface area contributed by atoms with E-state index < -0.39 is 42.4 Å². The summed E-state index contributed by atoms with van der Waals surface area (Å²) in [6, 6.07) is 7.13. The van der Waals surface area contributed by atoms with Gasteiger partial charge in [0.05, 0.1) is 5.44 Å². The molecule has 0 spiro atoms. The molecular weight excluding hydrogens is 497 g/mol. The summed E-state index contributed by atoms with van der Waals surface area (Å²) < 4.78 is 12.0. The predicted octanol–water partition coefficient (Wildman–Crippen LogP) is -6.43. The summed E-state index contributed by atoms with van der Waals surface area (Å²) in [4.78, 5) is 49.9. The van der Waals surface area contributed by atoms with E-state index in [1.807, 2.05) is 0 Å². The summed E-state index contributed by atoms with van der Waals surface area (Å²) in [6.45, 7) is 1.69. The Labute approximate surface area is 236 Å². The van der Waals surface area contributed by atoms with Crippen molar-refractivity contribution < 1.29 is 88.2 Å². The number of nitrogens with zero attached hydrogens (tertiary/aromatic N) is 3. The maximum atomic E-state index is 12.7. The topological polar surface area (TPSA) is 159 Å². The minimum Gasteiger partial charge on any atom is -0.806 e. The predicted molar refractivity (Wildman–Crippen MR) is 106 cm³/mol. The van der Waals surface area contributed by atoms with Gasteiger partial charge in [-0.1, -0.05) is 41.7 Å². The largest absolute Gasteiger partial charge is 1.00 e. The summed E-state index contributed by atoms with van der Waals surface area (Å²) in [5, 5.41) is 20.5. The molecule has 32 heavy (non-hydrogen) atoms. The molecular formula is C17H15N4Na2O6PS2. The van der Waals surface area contributed by atoms with E-state index in [1.165, 1.54) is 11.8 Å². The molecule has 158 valence electrons. The number of rotatable bonds is 5. The normalized spacial score (nSPS) is 21.0. The van der Waals surface area contributed by atoms with Gasteiger partial charge in [-0.05, 0) is 20.1 Å². The van der Waals surface area contributed by atoms with Crippen molar-refractivity contribution in [2.75, 3.05) is 5.75 Å². The van der Waals surface area contributed by atoms with Crippen LogP contribution < -0.4 is 74.2 Å². The Morgan fingerprint density at radius 1 is 1.28 bits per heavy atom. The second kappa shape index (κ2) is 11.1. The van der Waals surface area contributed by atoms with Crippen LogP contribution in [0.4, 0.5) is 0 Å². The smallest absolute Gasteiger partial charge is 0.806 e. The Balaban J connectivity index is 0.00000181. The fraction of sp³-hybridized carbons (Fsp3) is 0.294. The maximum absolute atomic E-state index is 12.7. The van der Waals surface area contributed by atoms with Gasteiger partial charge in [0, 0.05) is 11.3 Å². The van der Waals surface area contributed by atoms with Crippen LogP contribution in [-0.2, 0) is 14.2 Å². The van der Waals surface area contributed by atoms with Gasteiger partial charge < -0.3 is 24.8 Å². The van der Waals surface area contributed by atoms with Gasteiger partial charge in [0.15, 0.2) is 6.10 Å². The van der Waals surface area contributed by atoms with Crippen LogP contribution in [-0.4, -0.2) is 49.2 Å². The molecule has 0 bridgehead atoms. The number of hydrogen-bond acceptors (Lipinski definition) is 10. The first-order chi connectivity index (χ1) is 14.2. The molecule has 2 aromatic rings. The van der Waals surface area contributed by atoms with E-state index in [-0.39, 0.29) is 75.4 Å². The summed E-state index contributed by atoms with van der Waals surface area (Å²) in [5.41, 5.74) is -0.132. The number of hydrogen-bond donors (Lipinski definition) is 2. The molecule has 3 heterocycles. The molecule has 0 radical (unpaired) electrons.